The van der Waals surface area contributed by atoms with Crippen LogP contribution in [0.3, 0.4) is 0 Å². The summed E-state index contributed by atoms with van der Waals surface area (Å²) in [7, 11) is 1.59. The standard InChI is InChI=1S/C14H17NO2/c1-3-10-7-11(12(16)8-13(10)17-2)14(9-15)5-4-6-14/h7-8,16H,3-6H2,1-2H3. The van der Waals surface area contributed by atoms with E-state index in [4.69, 9.17) is 4.74 Å². The lowest BCUT2D eigenvalue weighted by molar-refractivity contribution is 0.309. The molecule has 1 saturated carbocycles. The molecule has 17 heavy (non-hydrogen) atoms. The van der Waals surface area contributed by atoms with E-state index in [0.717, 1.165) is 36.8 Å². The Morgan fingerprint density at radius 3 is 2.59 bits per heavy atom. The topological polar surface area (TPSA) is 53.2 Å². The van der Waals surface area contributed by atoms with Gasteiger partial charge in [-0.15, -0.1) is 0 Å². The van der Waals surface area contributed by atoms with Crippen LogP contribution in [0, 0.1) is 11.3 Å². The van der Waals surface area contributed by atoms with Gasteiger partial charge in [-0.3, -0.25) is 0 Å². The van der Waals surface area contributed by atoms with E-state index in [-0.39, 0.29) is 5.75 Å². The van der Waals surface area contributed by atoms with Crippen LogP contribution in [0.15, 0.2) is 12.1 Å². The van der Waals surface area contributed by atoms with Crippen LogP contribution in [-0.4, -0.2) is 12.2 Å². The third-order valence-corrected chi connectivity index (χ3v) is 3.72. The number of hydrogen-bond acceptors (Lipinski definition) is 3. The average molecular weight is 231 g/mol. The van der Waals surface area contributed by atoms with E-state index in [1.807, 2.05) is 13.0 Å². The highest BCUT2D eigenvalue weighted by Crippen LogP contribution is 2.47. The molecule has 3 heteroatoms. The van der Waals surface area contributed by atoms with Gasteiger partial charge in [-0.1, -0.05) is 6.92 Å². The zero-order valence-electron chi connectivity index (χ0n) is 10.3. The molecule has 0 aliphatic heterocycles. The Hall–Kier alpha value is -1.69. The zero-order chi connectivity index (χ0) is 12.5. The molecule has 0 aromatic heterocycles. The van der Waals surface area contributed by atoms with Crippen molar-refractivity contribution < 1.29 is 9.84 Å². The summed E-state index contributed by atoms with van der Waals surface area (Å²) in [6.07, 6.45) is 3.57. The Kier molecular flexibility index (Phi) is 2.97. The maximum atomic E-state index is 10.0. The number of aromatic hydroxyl groups is 1. The van der Waals surface area contributed by atoms with Crippen LogP contribution in [0.4, 0.5) is 0 Å². The lowest BCUT2D eigenvalue weighted by Gasteiger charge is -2.36. The summed E-state index contributed by atoms with van der Waals surface area (Å²) in [5, 5.41) is 19.4. The molecule has 0 bridgehead atoms. The van der Waals surface area contributed by atoms with Gasteiger partial charge in [0, 0.05) is 11.6 Å². The maximum absolute atomic E-state index is 10.0. The van der Waals surface area contributed by atoms with Gasteiger partial charge in [0.25, 0.3) is 0 Å². The third kappa shape index (κ3) is 1.74. The number of rotatable bonds is 3. The van der Waals surface area contributed by atoms with Gasteiger partial charge in [-0.2, -0.15) is 5.26 Å². The van der Waals surface area contributed by atoms with Crippen molar-refractivity contribution in [3.63, 3.8) is 0 Å². The Labute approximate surface area is 102 Å². The Morgan fingerprint density at radius 1 is 1.47 bits per heavy atom. The van der Waals surface area contributed by atoms with Gasteiger partial charge < -0.3 is 9.84 Å². The minimum atomic E-state index is -0.472. The molecule has 0 saturated heterocycles. The molecular formula is C14H17NO2. The van der Waals surface area contributed by atoms with Crippen LogP contribution in [0.25, 0.3) is 0 Å². The van der Waals surface area contributed by atoms with E-state index in [2.05, 4.69) is 6.07 Å². The minimum Gasteiger partial charge on any atom is -0.507 e. The van der Waals surface area contributed by atoms with Gasteiger partial charge in [-0.05, 0) is 37.3 Å². The van der Waals surface area contributed by atoms with Crippen LogP contribution in [0.2, 0.25) is 0 Å². The number of nitriles is 1. The predicted molar refractivity (Wildman–Crippen MR) is 65.2 cm³/mol. The first kappa shape index (κ1) is 11.8. The van der Waals surface area contributed by atoms with Gasteiger partial charge in [0.15, 0.2) is 0 Å². The summed E-state index contributed by atoms with van der Waals surface area (Å²) in [6, 6.07) is 5.92. The van der Waals surface area contributed by atoms with Crippen molar-refractivity contribution in [3.8, 4) is 17.6 Å². The number of ether oxygens (including phenoxy) is 1. The molecular weight excluding hydrogens is 214 g/mol. The van der Waals surface area contributed by atoms with Gasteiger partial charge in [0.2, 0.25) is 0 Å². The van der Waals surface area contributed by atoms with Gasteiger partial charge in [0.1, 0.15) is 11.5 Å². The largest absolute Gasteiger partial charge is 0.507 e. The molecule has 1 N–H and O–H groups in total. The minimum absolute atomic E-state index is 0.181. The molecule has 3 nitrogen and oxygen atoms in total. The normalized spacial score (nSPS) is 17.0. The second kappa shape index (κ2) is 4.29. The summed E-state index contributed by atoms with van der Waals surface area (Å²) in [5.74, 6) is 0.876. The Balaban J connectivity index is 2.52. The molecule has 1 aliphatic rings. The van der Waals surface area contributed by atoms with Crippen molar-refractivity contribution in [2.75, 3.05) is 7.11 Å². The van der Waals surface area contributed by atoms with Crippen LogP contribution in [0.5, 0.6) is 11.5 Å². The fourth-order valence-corrected chi connectivity index (χ4v) is 2.44. The molecule has 0 heterocycles. The van der Waals surface area contributed by atoms with Gasteiger partial charge in [0.05, 0.1) is 18.6 Å². The maximum Gasteiger partial charge on any atom is 0.125 e. The molecule has 1 aromatic carbocycles. The quantitative estimate of drug-likeness (QED) is 0.870. The average Bonchev–Trinajstić information content (AvgIpc) is 2.29. The van der Waals surface area contributed by atoms with Crippen LogP contribution in [0.1, 0.15) is 37.3 Å². The van der Waals surface area contributed by atoms with Crippen LogP contribution in [-0.2, 0) is 11.8 Å². The number of nitrogens with zero attached hydrogens (tertiary/aromatic N) is 1. The first-order chi connectivity index (χ1) is 8.16. The van der Waals surface area contributed by atoms with E-state index in [9.17, 15) is 10.4 Å². The van der Waals surface area contributed by atoms with Crippen LogP contribution >= 0.6 is 0 Å². The smallest absolute Gasteiger partial charge is 0.125 e. The van der Waals surface area contributed by atoms with Crippen molar-refractivity contribution in [3.05, 3.63) is 23.3 Å². The van der Waals surface area contributed by atoms with Crippen molar-refractivity contribution in [2.45, 2.75) is 38.0 Å². The monoisotopic (exact) mass is 231 g/mol. The SMILES string of the molecule is CCc1cc(C2(C#N)CCC2)c(O)cc1OC. The summed E-state index contributed by atoms with van der Waals surface area (Å²) in [4.78, 5) is 0. The van der Waals surface area contributed by atoms with Gasteiger partial charge >= 0.3 is 0 Å². The van der Waals surface area contributed by atoms with Crippen molar-refractivity contribution in [1.29, 1.82) is 5.26 Å². The molecule has 0 spiro atoms. The lowest BCUT2D eigenvalue weighted by Crippen LogP contribution is -2.32. The number of hydrogen-bond donors (Lipinski definition) is 1. The van der Waals surface area contributed by atoms with E-state index in [1.54, 1.807) is 13.2 Å². The predicted octanol–water partition coefficient (Wildman–Crippen LogP) is 2.91. The Morgan fingerprint density at radius 2 is 2.18 bits per heavy atom. The Bertz CT molecular complexity index is 470. The number of aryl methyl sites for hydroxylation is 1. The highest BCUT2D eigenvalue weighted by Gasteiger charge is 2.41. The van der Waals surface area contributed by atoms with Crippen LogP contribution < -0.4 is 4.74 Å². The number of methoxy groups -OCH3 is 1. The summed E-state index contributed by atoms with van der Waals surface area (Å²) >= 11 is 0. The number of phenolic OH excluding ortho intramolecular Hbond substituents is 1. The summed E-state index contributed by atoms with van der Waals surface area (Å²) in [6.45, 7) is 2.04. The van der Waals surface area contributed by atoms with E-state index >= 15 is 0 Å². The van der Waals surface area contributed by atoms with Gasteiger partial charge in [-0.25, -0.2) is 0 Å². The van der Waals surface area contributed by atoms with Crippen molar-refractivity contribution in [1.82, 2.24) is 0 Å². The molecule has 1 aromatic rings. The number of benzene rings is 1. The molecule has 1 aliphatic carbocycles. The lowest BCUT2D eigenvalue weighted by atomic mass is 9.65. The first-order valence-electron chi connectivity index (χ1n) is 5.98. The molecule has 2 rings (SSSR count). The molecule has 0 atom stereocenters. The molecule has 1 fully saturated rings. The second-order valence-corrected chi connectivity index (χ2v) is 4.58. The summed E-state index contributed by atoms with van der Waals surface area (Å²) < 4.78 is 5.23. The molecule has 0 radical (unpaired) electrons. The molecule has 0 amide bonds. The van der Waals surface area contributed by atoms with E-state index in [0.29, 0.717) is 5.75 Å². The fourth-order valence-electron chi connectivity index (χ4n) is 2.44. The van der Waals surface area contributed by atoms with E-state index in [1.165, 1.54) is 0 Å². The molecule has 0 unspecified atom stereocenters. The highest BCUT2D eigenvalue weighted by atomic mass is 16.5. The fraction of sp³-hybridized carbons (Fsp3) is 0.500. The zero-order valence-corrected chi connectivity index (χ0v) is 10.3. The summed E-state index contributed by atoms with van der Waals surface area (Å²) in [5.41, 5.74) is 1.34. The first-order valence-corrected chi connectivity index (χ1v) is 5.98. The highest BCUT2D eigenvalue weighted by molar-refractivity contribution is 5.52. The van der Waals surface area contributed by atoms with E-state index < -0.39 is 5.41 Å². The number of phenols is 1. The van der Waals surface area contributed by atoms with Crippen molar-refractivity contribution >= 4 is 0 Å². The van der Waals surface area contributed by atoms with Crippen molar-refractivity contribution in [2.24, 2.45) is 0 Å². The second-order valence-electron chi connectivity index (χ2n) is 4.58. The molecule has 90 valence electrons. The third-order valence-electron chi connectivity index (χ3n) is 3.72.